The SMILES string of the molecule is Cn1cc(-c2cc(C(=O)NC3(c4ccccc4)CCCC3)[nH]n2)cn1. The van der Waals surface area contributed by atoms with E-state index in [1.807, 2.05) is 31.4 Å². The van der Waals surface area contributed by atoms with Crippen molar-refractivity contribution in [3.63, 3.8) is 0 Å². The molecule has 1 aromatic carbocycles. The third-order valence-corrected chi connectivity index (χ3v) is 4.96. The first-order valence-electron chi connectivity index (χ1n) is 8.59. The van der Waals surface area contributed by atoms with Crippen LogP contribution in [0, 0.1) is 0 Å². The molecule has 2 N–H and O–H groups in total. The van der Waals surface area contributed by atoms with Crippen LogP contribution in [0.4, 0.5) is 0 Å². The number of carbonyl (C=O) groups is 1. The lowest BCUT2D eigenvalue weighted by Crippen LogP contribution is -2.43. The third-order valence-electron chi connectivity index (χ3n) is 4.96. The van der Waals surface area contributed by atoms with Crippen molar-refractivity contribution < 1.29 is 4.79 Å². The van der Waals surface area contributed by atoms with Gasteiger partial charge in [-0.3, -0.25) is 14.6 Å². The lowest BCUT2D eigenvalue weighted by molar-refractivity contribution is 0.0893. The van der Waals surface area contributed by atoms with Gasteiger partial charge in [-0.2, -0.15) is 10.2 Å². The van der Waals surface area contributed by atoms with E-state index in [1.165, 1.54) is 5.56 Å². The van der Waals surface area contributed by atoms with Crippen molar-refractivity contribution in [2.24, 2.45) is 7.05 Å². The van der Waals surface area contributed by atoms with Crippen molar-refractivity contribution in [3.05, 3.63) is 60.0 Å². The van der Waals surface area contributed by atoms with E-state index in [9.17, 15) is 4.79 Å². The second-order valence-electron chi connectivity index (χ2n) is 6.68. The summed E-state index contributed by atoms with van der Waals surface area (Å²) in [5.74, 6) is -0.117. The van der Waals surface area contributed by atoms with E-state index in [4.69, 9.17) is 0 Å². The number of carbonyl (C=O) groups excluding carboxylic acids is 1. The van der Waals surface area contributed by atoms with Gasteiger partial charge in [0.15, 0.2) is 0 Å². The van der Waals surface area contributed by atoms with E-state index in [1.54, 1.807) is 16.9 Å². The number of aromatic nitrogens is 4. The number of rotatable bonds is 4. The van der Waals surface area contributed by atoms with Crippen LogP contribution >= 0.6 is 0 Å². The molecule has 2 aromatic heterocycles. The molecular formula is C19H21N5O. The van der Waals surface area contributed by atoms with Gasteiger partial charge in [0.25, 0.3) is 5.91 Å². The maximum absolute atomic E-state index is 12.8. The number of nitrogens with zero attached hydrogens (tertiary/aromatic N) is 3. The average Bonchev–Trinajstić information content (AvgIpc) is 3.36. The van der Waals surface area contributed by atoms with E-state index < -0.39 is 0 Å². The minimum Gasteiger partial charge on any atom is -0.341 e. The Bertz CT molecular complexity index is 874. The minimum atomic E-state index is -0.280. The lowest BCUT2D eigenvalue weighted by atomic mass is 9.88. The molecule has 0 saturated heterocycles. The molecular weight excluding hydrogens is 314 g/mol. The Hall–Kier alpha value is -2.89. The van der Waals surface area contributed by atoms with Crippen LogP contribution in [-0.2, 0) is 12.6 Å². The second-order valence-corrected chi connectivity index (χ2v) is 6.68. The molecule has 0 aliphatic heterocycles. The van der Waals surface area contributed by atoms with Gasteiger partial charge in [0.05, 0.1) is 17.4 Å². The summed E-state index contributed by atoms with van der Waals surface area (Å²) in [7, 11) is 1.85. The first kappa shape index (κ1) is 15.6. The molecule has 4 rings (SSSR count). The number of amides is 1. The third kappa shape index (κ3) is 2.95. The van der Waals surface area contributed by atoms with Crippen molar-refractivity contribution >= 4 is 5.91 Å². The Balaban J connectivity index is 1.58. The molecule has 0 bridgehead atoms. The normalized spacial score (nSPS) is 16.0. The van der Waals surface area contributed by atoms with Gasteiger partial charge in [-0.1, -0.05) is 43.2 Å². The molecule has 0 atom stereocenters. The number of hydrogen-bond donors (Lipinski definition) is 2. The quantitative estimate of drug-likeness (QED) is 0.769. The summed E-state index contributed by atoms with van der Waals surface area (Å²) in [4.78, 5) is 12.8. The molecule has 1 fully saturated rings. The summed E-state index contributed by atoms with van der Waals surface area (Å²) in [6.07, 6.45) is 7.79. The highest BCUT2D eigenvalue weighted by molar-refractivity contribution is 5.94. The highest BCUT2D eigenvalue weighted by Gasteiger charge is 2.37. The van der Waals surface area contributed by atoms with Gasteiger partial charge < -0.3 is 5.32 Å². The highest BCUT2D eigenvalue weighted by Crippen LogP contribution is 2.38. The Morgan fingerprint density at radius 3 is 2.68 bits per heavy atom. The molecule has 1 amide bonds. The van der Waals surface area contributed by atoms with Gasteiger partial charge in [-0.05, 0) is 24.5 Å². The van der Waals surface area contributed by atoms with Gasteiger partial charge in [-0.25, -0.2) is 0 Å². The number of nitrogens with one attached hydrogen (secondary N) is 2. The smallest absolute Gasteiger partial charge is 0.270 e. The van der Waals surface area contributed by atoms with Crippen LogP contribution < -0.4 is 5.32 Å². The summed E-state index contributed by atoms with van der Waals surface area (Å²) >= 11 is 0. The number of aromatic amines is 1. The van der Waals surface area contributed by atoms with E-state index in [-0.39, 0.29) is 11.4 Å². The van der Waals surface area contributed by atoms with E-state index in [2.05, 4.69) is 32.7 Å². The molecule has 1 saturated carbocycles. The molecule has 0 radical (unpaired) electrons. The molecule has 6 heteroatoms. The van der Waals surface area contributed by atoms with Crippen LogP contribution in [0.5, 0.6) is 0 Å². The molecule has 3 aromatic rings. The lowest BCUT2D eigenvalue weighted by Gasteiger charge is -2.30. The second kappa shape index (κ2) is 6.20. The molecule has 6 nitrogen and oxygen atoms in total. The van der Waals surface area contributed by atoms with Gasteiger partial charge in [-0.15, -0.1) is 0 Å². The van der Waals surface area contributed by atoms with E-state index in [0.717, 1.165) is 36.9 Å². The Kier molecular flexibility index (Phi) is 3.87. The Morgan fingerprint density at radius 1 is 1.24 bits per heavy atom. The topological polar surface area (TPSA) is 75.6 Å². The number of benzene rings is 1. The fourth-order valence-electron chi connectivity index (χ4n) is 3.65. The maximum atomic E-state index is 12.8. The fourth-order valence-corrected chi connectivity index (χ4v) is 3.65. The van der Waals surface area contributed by atoms with Crippen molar-refractivity contribution in [1.29, 1.82) is 0 Å². The summed E-state index contributed by atoms with van der Waals surface area (Å²) in [6, 6.07) is 12.0. The fraction of sp³-hybridized carbons (Fsp3) is 0.316. The van der Waals surface area contributed by atoms with E-state index in [0.29, 0.717) is 5.69 Å². The van der Waals surface area contributed by atoms with Crippen molar-refractivity contribution in [2.75, 3.05) is 0 Å². The van der Waals surface area contributed by atoms with Crippen molar-refractivity contribution in [2.45, 2.75) is 31.2 Å². The molecule has 0 spiro atoms. The predicted molar refractivity (Wildman–Crippen MR) is 94.8 cm³/mol. The highest BCUT2D eigenvalue weighted by atomic mass is 16.2. The molecule has 128 valence electrons. The van der Waals surface area contributed by atoms with Gasteiger partial charge in [0.1, 0.15) is 5.69 Å². The van der Waals surface area contributed by atoms with Crippen LogP contribution in [0.1, 0.15) is 41.7 Å². The van der Waals surface area contributed by atoms with Crippen LogP contribution in [0.3, 0.4) is 0 Å². The Morgan fingerprint density at radius 2 is 2.00 bits per heavy atom. The summed E-state index contributed by atoms with van der Waals surface area (Å²) in [5, 5.41) is 14.5. The minimum absolute atomic E-state index is 0.117. The number of hydrogen-bond acceptors (Lipinski definition) is 3. The molecule has 0 unspecified atom stereocenters. The molecule has 2 heterocycles. The Labute approximate surface area is 146 Å². The average molecular weight is 335 g/mol. The maximum Gasteiger partial charge on any atom is 0.270 e. The summed E-state index contributed by atoms with van der Waals surface area (Å²) in [5.41, 5.74) is 2.97. The van der Waals surface area contributed by atoms with Gasteiger partial charge >= 0.3 is 0 Å². The van der Waals surface area contributed by atoms with Crippen LogP contribution in [0.15, 0.2) is 48.8 Å². The standard InChI is InChI=1S/C19H21N5O/c1-24-13-14(12-20-24)16-11-17(23-22-16)18(25)21-19(9-5-6-10-19)15-7-3-2-4-8-15/h2-4,7-8,11-13H,5-6,9-10H2,1H3,(H,21,25)(H,22,23). The van der Waals surface area contributed by atoms with Crippen LogP contribution in [0.2, 0.25) is 0 Å². The molecule has 1 aliphatic rings. The summed E-state index contributed by atoms with van der Waals surface area (Å²) in [6.45, 7) is 0. The van der Waals surface area contributed by atoms with Crippen LogP contribution in [-0.4, -0.2) is 25.9 Å². The monoisotopic (exact) mass is 335 g/mol. The molecule has 25 heavy (non-hydrogen) atoms. The first-order chi connectivity index (χ1) is 12.2. The predicted octanol–water partition coefficient (Wildman–Crippen LogP) is 3.01. The number of H-pyrrole nitrogens is 1. The van der Waals surface area contributed by atoms with Gasteiger partial charge in [0, 0.05) is 18.8 Å². The van der Waals surface area contributed by atoms with E-state index >= 15 is 0 Å². The van der Waals surface area contributed by atoms with Crippen LogP contribution in [0.25, 0.3) is 11.3 Å². The van der Waals surface area contributed by atoms with Crippen molar-refractivity contribution in [3.8, 4) is 11.3 Å². The number of aryl methyl sites for hydroxylation is 1. The zero-order chi connectivity index (χ0) is 17.3. The molecule has 1 aliphatic carbocycles. The summed E-state index contributed by atoms with van der Waals surface area (Å²) < 4.78 is 1.71. The largest absolute Gasteiger partial charge is 0.341 e. The van der Waals surface area contributed by atoms with Crippen molar-refractivity contribution in [1.82, 2.24) is 25.3 Å². The first-order valence-corrected chi connectivity index (χ1v) is 8.59. The zero-order valence-corrected chi connectivity index (χ0v) is 14.2. The van der Waals surface area contributed by atoms with Gasteiger partial charge in [0.2, 0.25) is 0 Å². The zero-order valence-electron chi connectivity index (χ0n) is 14.2.